The number of fused-ring (bicyclic) bond motifs is 25. The molecular weight excluding hydrogens is 1150 g/mol. The minimum absolute atomic E-state index is 0.217. The summed E-state index contributed by atoms with van der Waals surface area (Å²) in [5, 5.41) is 24.8. The minimum atomic E-state index is -0.217. The molecule has 0 spiro atoms. The Balaban J connectivity index is 0.942. The van der Waals surface area contributed by atoms with Gasteiger partial charge in [0.05, 0.1) is 16.7 Å². The van der Waals surface area contributed by atoms with Gasteiger partial charge in [0.25, 0.3) is 6.71 Å². The molecule has 2 aliphatic rings. The van der Waals surface area contributed by atoms with Gasteiger partial charge in [-0.1, -0.05) is 243 Å². The van der Waals surface area contributed by atoms with Crippen LogP contribution in [-0.4, -0.2) is 11.3 Å². The number of hydrogen-bond acceptors (Lipinski definition) is 3. The van der Waals surface area contributed by atoms with E-state index in [4.69, 9.17) is 0 Å². The summed E-state index contributed by atoms with van der Waals surface area (Å²) in [4.78, 5) is 7.74. The second kappa shape index (κ2) is 20.0. The molecule has 0 unspecified atom stereocenters. The predicted molar refractivity (Wildman–Crippen MR) is 407 cm³/mol. The molecule has 0 amide bonds. The fraction of sp³-hybridized carbons (Fsp3) is 0. The molecule has 1 aromatic heterocycles. The van der Waals surface area contributed by atoms with Crippen molar-refractivity contribution in [3.8, 4) is 5.69 Å². The topological polar surface area (TPSA) is 14.7 Å². The molecule has 4 nitrogen and oxygen atoms in total. The Kier molecular flexibility index (Phi) is 11.0. The van der Waals surface area contributed by atoms with Crippen molar-refractivity contribution in [2.24, 2.45) is 0 Å². The maximum Gasteiger partial charge on any atom is 0.252 e. The zero-order chi connectivity index (χ0) is 62.0. The molecule has 5 heteroatoms. The summed E-state index contributed by atoms with van der Waals surface area (Å²) < 4.78 is 2.49. The molecule has 0 saturated heterocycles. The summed E-state index contributed by atoms with van der Waals surface area (Å²) in [5.74, 6) is 0. The first-order chi connectivity index (χ1) is 47.2. The average Bonchev–Trinajstić information content (AvgIpc) is 0.975. The highest BCUT2D eigenvalue weighted by Crippen LogP contribution is 2.52. The van der Waals surface area contributed by atoms with E-state index < -0.39 is 0 Å². The number of nitrogens with zero attached hydrogens (tertiary/aromatic N) is 4. The highest BCUT2D eigenvalue weighted by atomic mass is 15.2. The van der Waals surface area contributed by atoms with Gasteiger partial charge in [-0.05, 0) is 204 Å². The lowest BCUT2D eigenvalue weighted by Crippen LogP contribution is -2.61. The average molecular weight is 1200 g/mol. The van der Waals surface area contributed by atoms with Gasteiger partial charge in [0.2, 0.25) is 0 Å². The van der Waals surface area contributed by atoms with E-state index in [9.17, 15) is 0 Å². The van der Waals surface area contributed by atoms with Crippen LogP contribution in [0.25, 0.3) is 124 Å². The second-order valence-corrected chi connectivity index (χ2v) is 25.8. The highest BCUT2D eigenvalue weighted by molar-refractivity contribution is 7.00. The molecule has 0 aliphatic carbocycles. The fourth-order valence-electron chi connectivity index (χ4n) is 17.1. The Morgan fingerprint density at radius 3 is 0.926 bits per heavy atom. The van der Waals surface area contributed by atoms with Crippen LogP contribution in [0.3, 0.4) is 0 Å². The van der Waals surface area contributed by atoms with E-state index in [1.54, 1.807) is 0 Å². The van der Waals surface area contributed by atoms with E-state index in [1.807, 2.05) is 0 Å². The third-order valence-corrected chi connectivity index (χ3v) is 21.0. The largest absolute Gasteiger partial charge is 0.311 e. The van der Waals surface area contributed by atoms with Gasteiger partial charge in [0.15, 0.2) is 0 Å². The number of anilines is 9. The summed E-state index contributed by atoms with van der Waals surface area (Å²) in [6.45, 7) is -0.217. The Morgan fingerprint density at radius 1 is 0.200 bits per heavy atom. The van der Waals surface area contributed by atoms with Crippen LogP contribution >= 0.6 is 0 Å². The lowest BCUT2D eigenvalue weighted by atomic mass is 9.33. The zero-order valence-corrected chi connectivity index (χ0v) is 51.6. The van der Waals surface area contributed by atoms with Crippen molar-refractivity contribution in [3.63, 3.8) is 0 Å². The Hall–Kier alpha value is -12.4. The van der Waals surface area contributed by atoms with Crippen LogP contribution in [0.5, 0.6) is 0 Å². The van der Waals surface area contributed by atoms with Gasteiger partial charge in [0.1, 0.15) is 0 Å². The van der Waals surface area contributed by atoms with Crippen LogP contribution < -0.4 is 31.1 Å². The van der Waals surface area contributed by atoms with E-state index in [0.29, 0.717) is 0 Å². The summed E-state index contributed by atoms with van der Waals surface area (Å²) in [6, 6.07) is 126. The quantitative estimate of drug-likeness (QED) is 0.122. The van der Waals surface area contributed by atoms with Gasteiger partial charge in [-0.3, -0.25) is 0 Å². The zero-order valence-electron chi connectivity index (χ0n) is 51.6. The van der Waals surface area contributed by atoms with Gasteiger partial charge in [-0.2, -0.15) is 0 Å². The first kappa shape index (κ1) is 52.2. The molecule has 0 bridgehead atoms. The van der Waals surface area contributed by atoms with E-state index in [0.717, 1.165) is 56.9 Å². The molecule has 3 heterocycles. The molecule has 2 aliphatic heterocycles. The summed E-state index contributed by atoms with van der Waals surface area (Å²) in [6.07, 6.45) is 0. The molecule has 0 atom stereocenters. The van der Waals surface area contributed by atoms with Crippen molar-refractivity contribution in [3.05, 3.63) is 334 Å². The molecular formula is C90H55BN4. The van der Waals surface area contributed by atoms with Crippen LogP contribution in [0.2, 0.25) is 0 Å². The van der Waals surface area contributed by atoms with E-state index in [-0.39, 0.29) is 6.71 Å². The highest BCUT2D eigenvalue weighted by Gasteiger charge is 2.45. The predicted octanol–water partition coefficient (Wildman–Crippen LogP) is 22.7. The maximum atomic E-state index is 2.64. The fourth-order valence-corrected chi connectivity index (χ4v) is 17.1. The Labute approximate surface area is 548 Å². The molecule has 19 aromatic rings. The number of benzene rings is 18. The van der Waals surface area contributed by atoms with Gasteiger partial charge in [0, 0.05) is 62.0 Å². The maximum absolute atomic E-state index is 2.64. The Morgan fingerprint density at radius 2 is 0.516 bits per heavy atom. The second-order valence-electron chi connectivity index (χ2n) is 25.8. The molecule has 0 fully saturated rings. The third-order valence-electron chi connectivity index (χ3n) is 21.0. The summed E-state index contributed by atoms with van der Waals surface area (Å²) in [5.41, 5.74) is 17.1. The molecule has 0 radical (unpaired) electrons. The van der Waals surface area contributed by atoms with Crippen molar-refractivity contribution in [2.45, 2.75) is 0 Å². The van der Waals surface area contributed by atoms with Gasteiger partial charge in [-0.15, -0.1) is 0 Å². The normalized spacial score (nSPS) is 12.8. The van der Waals surface area contributed by atoms with E-state index in [2.05, 4.69) is 353 Å². The van der Waals surface area contributed by atoms with Crippen molar-refractivity contribution < 1.29 is 0 Å². The molecule has 0 N–H and O–H groups in total. The molecule has 438 valence electrons. The van der Waals surface area contributed by atoms with Crippen LogP contribution in [0.15, 0.2) is 334 Å². The van der Waals surface area contributed by atoms with Crippen molar-refractivity contribution in [1.82, 2.24) is 4.57 Å². The lowest BCUT2D eigenvalue weighted by molar-refractivity contribution is 1.17. The number of aromatic nitrogens is 1. The molecule has 18 aromatic carbocycles. The lowest BCUT2D eigenvalue weighted by Gasteiger charge is -2.45. The van der Waals surface area contributed by atoms with Crippen LogP contribution in [0.4, 0.5) is 51.2 Å². The smallest absolute Gasteiger partial charge is 0.252 e. The first-order valence-corrected chi connectivity index (χ1v) is 33.0. The number of para-hydroxylation sites is 4. The molecule has 21 rings (SSSR count). The van der Waals surface area contributed by atoms with Crippen LogP contribution in [0.1, 0.15) is 0 Å². The number of hydrogen-bond donors (Lipinski definition) is 0. The van der Waals surface area contributed by atoms with Crippen molar-refractivity contribution in [2.75, 3.05) is 14.7 Å². The molecule has 95 heavy (non-hydrogen) atoms. The first-order valence-electron chi connectivity index (χ1n) is 33.0. The standard InChI is InChI=1S/C90H55BN4/c1-3-23-56(24-4-1)92(57-25-5-2-6-26-57)61-52-88-90-89(53-61)95(59-44-47-75-69-34-10-8-28-63(69)65-30-12-16-36-71(65)79(75)50-59)87-55-81-73-38-18-14-32-67(73)66-31-13-17-37-72(66)80(81)54-83(87)91(90)82-48-45-60(93-84-41-21-19-39-76(84)77-40-20-22-42-85(77)93)51-86(82)94(88)58-43-46-74-68-33-9-7-27-62(68)64-29-11-15-35-70(64)78(74)49-58/h1-55H. The van der Waals surface area contributed by atoms with Gasteiger partial charge < -0.3 is 19.3 Å². The monoisotopic (exact) mass is 1200 g/mol. The summed E-state index contributed by atoms with van der Waals surface area (Å²) >= 11 is 0. The van der Waals surface area contributed by atoms with Gasteiger partial charge in [-0.25, -0.2) is 0 Å². The summed E-state index contributed by atoms with van der Waals surface area (Å²) in [7, 11) is 0. The van der Waals surface area contributed by atoms with Gasteiger partial charge >= 0.3 is 0 Å². The van der Waals surface area contributed by atoms with E-state index >= 15 is 0 Å². The van der Waals surface area contributed by atoms with Crippen molar-refractivity contribution >= 4 is 193 Å². The van der Waals surface area contributed by atoms with Crippen LogP contribution in [-0.2, 0) is 0 Å². The third kappa shape index (κ3) is 7.49. The SMILES string of the molecule is c1ccc(N(c2ccccc2)c2cc3c4c(c2)N(c2ccc5c6ccccc6c6ccccc6c5c2)c2cc5c6ccccc6c6ccccc6c5cc2B4c2ccc(-n4c5ccccc5c5ccccc54)cc2N3c2ccc3c4ccccc4c4ccccc4c3c2)cc1. The molecule has 0 saturated carbocycles. The Bertz CT molecular complexity index is 6350. The van der Waals surface area contributed by atoms with Crippen LogP contribution in [0, 0.1) is 0 Å². The van der Waals surface area contributed by atoms with E-state index in [1.165, 1.54) is 135 Å². The number of rotatable bonds is 6. The van der Waals surface area contributed by atoms with Crippen molar-refractivity contribution in [1.29, 1.82) is 0 Å². The minimum Gasteiger partial charge on any atom is -0.311 e.